The van der Waals surface area contributed by atoms with E-state index >= 15 is 0 Å². The second-order valence-corrected chi connectivity index (χ2v) is 3.95. The van der Waals surface area contributed by atoms with Crippen LogP contribution in [0.25, 0.3) is 0 Å². The van der Waals surface area contributed by atoms with Gasteiger partial charge in [-0.2, -0.15) is 0 Å². The molecule has 0 heterocycles. The minimum absolute atomic E-state index is 0.176. The highest BCUT2D eigenvalue weighted by atomic mass is 16.5. The van der Waals surface area contributed by atoms with Crippen LogP contribution in [0.4, 0.5) is 0 Å². The van der Waals surface area contributed by atoms with Gasteiger partial charge in [0.05, 0.1) is 13.0 Å². The van der Waals surface area contributed by atoms with E-state index in [2.05, 4.69) is 10.1 Å². The molecule has 0 amide bonds. The van der Waals surface area contributed by atoms with Gasteiger partial charge in [0.25, 0.3) is 0 Å². The van der Waals surface area contributed by atoms with Gasteiger partial charge in [0.1, 0.15) is 6.04 Å². The fourth-order valence-corrected chi connectivity index (χ4v) is 1.59. The molecule has 98 valence electrons. The summed E-state index contributed by atoms with van der Waals surface area (Å²) >= 11 is 0. The number of esters is 1. The van der Waals surface area contributed by atoms with Crippen molar-refractivity contribution in [1.29, 1.82) is 0 Å². The molecule has 0 aliphatic heterocycles. The number of carboxylic acid groups (broad SMARTS) is 1. The number of rotatable bonds is 6. The van der Waals surface area contributed by atoms with Crippen LogP contribution >= 0.6 is 0 Å². The Kier molecular flexibility index (Phi) is 5.32. The molecule has 1 rings (SSSR count). The highest BCUT2D eigenvalue weighted by Gasteiger charge is 2.21. The third-order valence-electron chi connectivity index (χ3n) is 2.68. The molecular formula is C13H17NO4. The summed E-state index contributed by atoms with van der Waals surface area (Å²) < 4.78 is 4.56. The molecule has 0 radical (unpaired) electrons. The molecule has 1 aromatic rings. The molecule has 2 N–H and O–H groups in total. The summed E-state index contributed by atoms with van der Waals surface area (Å²) in [7, 11) is 1.30. The number of benzene rings is 1. The van der Waals surface area contributed by atoms with E-state index in [9.17, 15) is 14.7 Å². The molecule has 0 aromatic heterocycles. The van der Waals surface area contributed by atoms with E-state index < -0.39 is 23.9 Å². The van der Waals surface area contributed by atoms with E-state index in [1.165, 1.54) is 7.11 Å². The lowest BCUT2D eigenvalue weighted by atomic mass is 9.99. The highest BCUT2D eigenvalue weighted by Crippen LogP contribution is 2.14. The number of carbonyl (C=O) groups is 2. The average Bonchev–Trinajstić information content (AvgIpc) is 2.38. The normalized spacial score (nSPS) is 13.7. The van der Waals surface area contributed by atoms with Crippen LogP contribution in [-0.2, 0) is 14.3 Å². The van der Waals surface area contributed by atoms with Gasteiger partial charge in [-0.1, -0.05) is 30.3 Å². The van der Waals surface area contributed by atoms with Crippen LogP contribution in [0, 0.1) is 0 Å². The fraction of sp³-hybridized carbons (Fsp3) is 0.385. The topological polar surface area (TPSA) is 75.6 Å². The first-order chi connectivity index (χ1) is 8.56. The van der Waals surface area contributed by atoms with E-state index in [1.54, 1.807) is 31.2 Å². The number of ether oxygens (including phenoxy) is 1. The van der Waals surface area contributed by atoms with Crippen molar-refractivity contribution in [3.8, 4) is 0 Å². The lowest BCUT2D eigenvalue weighted by molar-refractivity contribution is -0.143. The van der Waals surface area contributed by atoms with Gasteiger partial charge in [-0.15, -0.1) is 0 Å². The molecule has 0 aliphatic rings. The Morgan fingerprint density at radius 3 is 2.44 bits per heavy atom. The summed E-state index contributed by atoms with van der Waals surface area (Å²) in [6, 6.07) is 8.38. The minimum atomic E-state index is -0.925. The van der Waals surface area contributed by atoms with Crippen LogP contribution in [0.5, 0.6) is 0 Å². The summed E-state index contributed by atoms with van der Waals surface area (Å²) in [5.41, 5.74) is 0.703. The summed E-state index contributed by atoms with van der Waals surface area (Å²) in [4.78, 5) is 22.4. The van der Waals surface area contributed by atoms with Gasteiger partial charge in [0.15, 0.2) is 0 Å². The molecular weight excluding hydrogens is 234 g/mol. The second kappa shape index (κ2) is 6.76. The van der Waals surface area contributed by atoms with Gasteiger partial charge in [-0.3, -0.25) is 9.59 Å². The third kappa shape index (κ3) is 3.85. The maximum atomic E-state index is 11.2. The van der Waals surface area contributed by atoms with Gasteiger partial charge in [0, 0.05) is 6.54 Å². The molecule has 0 saturated heterocycles. The van der Waals surface area contributed by atoms with Crippen LogP contribution < -0.4 is 5.32 Å². The van der Waals surface area contributed by atoms with Crippen molar-refractivity contribution in [2.75, 3.05) is 13.7 Å². The Morgan fingerprint density at radius 2 is 1.94 bits per heavy atom. The first-order valence-electron chi connectivity index (χ1n) is 5.65. The minimum Gasteiger partial charge on any atom is -0.481 e. The van der Waals surface area contributed by atoms with Crippen LogP contribution in [0.1, 0.15) is 18.4 Å². The predicted molar refractivity (Wildman–Crippen MR) is 66.3 cm³/mol. The van der Waals surface area contributed by atoms with Gasteiger partial charge >= 0.3 is 11.9 Å². The summed E-state index contributed by atoms with van der Waals surface area (Å²) in [5, 5.41) is 12.0. The summed E-state index contributed by atoms with van der Waals surface area (Å²) in [5.74, 6) is -2.02. The molecule has 5 nitrogen and oxygen atoms in total. The SMILES string of the molecule is COC(=O)C(C)NCC(C(=O)O)c1ccccc1. The number of methoxy groups -OCH3 is 1. The molecule has 5 heteroatoms. The lowest BCUT2D eigenvalue weighted by Crippen LogP contribution is -2.38. The Labute approximate surface area is 106 Å². The average molecular weight is 251 g/mol. The standard InChI is InChI=1S/C13H17NO4/c1-9(13(17)18-2)14-8-11(12(15)16)10-6-4-3-5-7-10/h3-7,9,11,14H,8H2,1-2H3,(H,15,16). The maximum Gasteiger partial charge on any atom is 0.322 e. The lowest BCUT2D eigenvalue weighted by Gasteiger charge is -2.16. The smallest absolute Gasteiger partial charge is 0.322 e. The molecule has 18 heavy (non-hydrogen) atoms. The van der Waals surface area contributed by atoms with E-state index in [4.69, 9.17) is 0 Å². The Hall–Kier alpha value is -1.88. The first kappa shape index (κ1) is 14.2. The molecule has 1 aromatic carbocycles. The van der Waals surface area contributed by atoms with Crippen LogP contribution in [0.3, 0.4) is 0 Å². The largest absolute Gasteiger partial charge is 0.481 e. The van der Waals surface area contributed by atoms with Crippen molar-refractivity contribution in [1.82, 2.24) is 5.32 Å². The van der Waals surface area contributed by atoms with Crippen molar-refractivity contribution in [3.05, 3.63) is 35.9 Å². The molecule has 2 atom stereocenters. The molecule has 0 aliphatic carbocycles. The summed E-state index contributed by atoms with van der Waals surface area (Å²) in [6.45, 7) is 1.81. The zero-order valence-electron chi connectivity index (χ0n) is 10.4. The van der Waals surface area contributed by atoms with E-state index in [1.807, 2.05) is 6.07 Å². The van der Waals surface area contributed by atoms with Gasteiger partial charge < -0.3 is 15.2 Å². The van der Waals surface area contributed by atoms with E-state index in [0.717, 1.165) is 0 Å². The van der Waals surface area contributed by atoms with Gasteiger partial charge in [-0.25, -0.2) is 0 Å². The summed E-state index contributed by atoms with van der Waals surface area (Å²) in [6.07, 6.45) is 0. The van der Waals surface area contributed by atoms with Crippen molar-refractivity contribution < 1.29 is 19.4 Å². The number of carboxylic acids is 1. The molecule has 0 bridgehead atoms. The predicted octanol–water partition coefficient (Wildman–Crippen LogP) is 1.01. The van der Waals surface area contributed by atoms with Crippen LogP contribution in [0.15, 0.2) is 30.3 Å². The Morgan fingerprint density at radius 1 is 1.33 bits per heavy atom. The van der Waals surface area contributed by atoms with E-state index in [0.29, 0.717) is 5.56 Å². The second-order valence-electron chi connectivity index (χ2n) is 3.95. The zero-order valence-corrected chi connectivity index (χ0v) is 10.4. The molecule has 0 saturated carbocycles. The quantitative estimate of drug-likeness (QED) is 0.738. The monoisotopic (exact) mass is 251 g/mol. The first-order valence-corrected chi connectivity index (χ1v) is 5.65. The Bertz CT molecular complexity index is 405. The highest BCUT2D eigenvalue weighted by molar-refractivity contribution is 5.77. The number of aliphatic carboxylic acids is 1. The van der Waals surface area contributed by atoms with Crippen molar-refractivity contribution >= 4 is 11.9 Å². The van der Waals surface area contributed by atoms with E-state index in [-0.39, 0.29) is 6.54 Å². The van der Waals surface area contributed by atoms with Crippen LogP contribution in [-0.4, -0.2) is 36.7 Å². The molecule has 0 spiro atoms. The molecule has 0 fully saturated rings. The van der Waals surface area contributed by atoms with Crippen LogP contribution in [0.2, 0.25) is 0 Å². The number of nitrogens with one attached hydrogen (secondary N) is 1. The molecule has 2 unspecified atom stereocenters. The number of carbonyl (C=O) groups excluding carboxylic acids is 1. The zero-order chi connectivity index (χ0) is 13.5. The van der Waals surface area contributed by atoms with Gasteiger partial charge in [-0.05, 0) is 12.5 Å². The third-order valence-corrected chi connectivity index (χ3v) is 2.68. The number of hydrogen-bond acceptors (Lipinski definition) is 4. The van der Waals surface area contributed by atoms with Gasteiger partial charge in [0.2, 0.25) is 0 Å². The maximum absolute atomic E-state index is 11.2. The fourth-order valence-electron chi connectivity index (χ4n) is 1.59. The van der Waals surface area contributed by atoms with Crippen molar-refractivity contribution in [2.45, 2.75) is 18.9 Å². The van der Waals surface area contributed by atoms with Crippen molar-refractivity contribution in [2.24, 2.45) is 0 Å². The number of hydrogen-bond donors (Lipinski definition) is 2. The Balaban J connectivity index is 2.66. The van der Waals surface area contributed by atoms with Crippen molar-refractivity contribution in [3.63, 3.8) is 0 Å².